The topological polar surface area (TPSA) is 105 Å². The number of methoxy groups -OCH3 is 1. The first-order valence-electron chi connectivity index (χ1n) is 6.19. The summed E-state index contributed by atoms with van der Waals surface area (Å²) in [6.07, 6.45) is -1.17. The van der Waals surface area contributed by atoms with E-state index in [2.05, 4.69) is 18.4 Å². The first kappa shape index (κ1) is 19.2. The Hall–Kier alpha value is -1.82. The Morgan fingerprint density at radius 1 is 1.35 bits per heavy atom. The minimum atomic E-state index is -5.86. The van der Waals surface area contributed by atoms with Gasteiger partial charge in [-0.3, -0.25) is 0 Å². The SMILES string of the molecule is COC(=O)OCCCCC1=CC(OS(=O)(=O)C(F)(F)F)OC1=O. The van der Waals surface area contributed by atoms with Gasteiger partial charge in [-0.15, -0.1) is 0 Å². The Morgan fingerprint density at radius 2 is 2.00 bits per heavy atom. The summed E-state index contributed by atoms with van der Waals surface area (Å²) in [7, 11) is -4.73. The van der Waals surface area contributed by atoms with Crippen molar-refractivity contribution in [3.8, 4) is 0 Å². The average Bonchev–Trinajstić information content (AvgIpc) is 2.76. The molecule has 0 bridgehead atoms. The van der Waals surface area contributed by atoms with Crippen LogP contribution in [0.5, 0.6) is 0 Å². The number of cyclic esters (lactones) is 1. The van der Waals surface area contributed by atoms with Crippen LogP contribution in [0.25, 0.3) is 0 Å². The summed E-state index contributed by atoms with van der Waals surface area (Å²) in [5.74, 6) is -0.971. The molecule has 23 heavy (non-hydrogen) atoms. The van der Waals surface area contributed by atoms with Crippen LogP contribution in [0, 0.1) is 0 Å². The third-order valence-electron chi connectivity index (χ3n) is 2.55. The number of carbonyl (C=O) groups excluding carboxylic acids is 2. The lowest BCUT2D eigenvalue weighted by Crippen LogP contribution is -2.29. The minimum absolute atomic E-state index is 0.0227. The van der Waals surface area contributed by atoms with E-state index in [1.807, 2.05) is 0 Å². The smallest absolute Gasteiger partial charge is 0.438 e. The number of unbranched alkanes of at least 4 members (excludes halogenated alkanes) is 1. The van der Waals surface area contributed by atoms with Crippen LogP contribution in [0.1, 0.15) is 19.3 Å². The maximum Gasteiger partial charge on any atom is 0.523 e. The molecule has 1 rings (SSSR count). The molecule has 0 aromatic rings. The fourth-order valence-electron chi connectivity index (χ4n) is 1.49. The molecule has 132 valence electrons. The van der Waals surface area contributed by atoms with E-state index in [9.17, 15) is 31.2 Å². The number of rotatable bonds is 7. The molecule has 0 N–H and O–H groups in total. The van der Waals surface area contributed by atoms with E-state index in [-0.39, 0.29) is 18.6 Å². The van der Waals surface area contributed by atoms with Gasteiger partial charge in [0.05, 0.1) is 13.7 Å². The highest BCUT2D eigenvalue weighted by Crippen LogP contribution is 2.28. The van der Waals surface area contributed by atoms with E-state index in [0.717, 1.165) is 13.2 Å². The molecule has 0 amide bonds. The van der Waals surface area contributed by atoms with Crippen molar-refractivity contribution in [3.05, 3.63) is 11.6 Å². The standard InChI is InChI=1S/C11H13F3O8S/c1-19-10(16)20-5-3-2-4-7-6-8(21-9(7)15)22-23(17,18)11(12,13)14/h6,8H,2-5H2,1H3. The summed E-state index contributed by atoms with van der Waals surface area (Å²) in [5.41, 5.74) is -5.63. The van der Waals surface area contributed by atoms with Crippen LogP contribution in [-0.4, -0.2) is 46.1 Å². The molecule has 0 aliphatic carbocycles. The second-order valence-electron chi connectivity index (χ2n) is 4.22. The average molecular weight is 362 g/mol. The lowest BCUT2D eigenvalue weighted by molar-refractivity contribution is -0.150. The Balaban J connectivity index is 2.46. The van der Waals surface area contributed by atoms with Crippen LogP contribution in [0.3, 0.4) is 0 Å². The molecule has 1 heterocycles. The van der Waals surface area contributed by atoms with Crippen molar-refractivity contribution in [1.82, 2.24) is 0 Å². The van der Waals surface area contributed by atoms with Gasteiger partial charge in [0.15, 0.2) is 0 Å². The summed E-state index contributed by atoms with van der Waals surface area (Å²) in [6, 6.07) is 0. The predicted molar refractivity (Wildman–Crippen MR) is 66.2 cm³/mol. The third-order valence-corrected chi connectivity index (χ3v) is 3.56. The number of halogens is 3. The van der Waals surface area contributed by atoms with Crippen molar-refractivity contribution >= 4 is 22.2 Å². The van der Waals surface area contributed by atoms with Gasteiger partial charge in [-0.2, -0.15) is 21.6 Å². The molecule has 8 nitrogen and oxygen atoms in total. The van der Waals surface area contributed by atoms with Crippen molar-refractivity contribution in [3.63, 3.8) is 0 Å². The van der Waals surface area contributed by atoms with Gasteiger partial charge < -0.3 is 14.2 Å². The molecule has 0 aromatic carbocycles. The van der Waals surface area contributed by atoms with Gasteiger partial charge in [0.25, 0.3) is 0 Å². The Bertz CT molecular complexity index is 581. The Kier molecular flexibility index (Phi) is 6.38. The van der Waals surface area contributed by atoms with Gasteiger partial charge in [0, 0.05) is 5.57 Å². The van der Waals surface area contributed by atoms with Crippen molar-refractivity contribution in [2.45, 2.75) is 31.1 Å². The molecule has 0 radical (unpaired) electrons. The number of hydrogen-bond acceptors (Lipinski definition) is 8. The van der Waals surface area contributed by atoms with Crippen LogP contribution in [0.2, 0.25) is 0 Å². The normalized spacial score (nSPS) is 18.3. The van der Waals surface area contributed by atoms with Crippen LogP contribution >= 0.6 is 0 Å². The van der Waals surface area contributed by atoms with Gasteiger partial charge in [0.2, 0.25) is 6.29 Å². The lowest BCUT2D eigenvalue weighted by Gasteiger charge is -2.11. The van der Waals surface area contributed by atoms with Crippen LogP contribution in [-0.2, 0) is 33.3 Å². The molecule has 0 aromatic heterocycles. The molecule has 1 aliphatic heterocycles. The Morgan fingerprint density at radius 3 is 2.57 bits per heavy atom. The first-order valence-corrected chi connectivity index (χ1v) is 7.59. The molecular weight excluding hydrogens is 349 g/mol. The molecule has 1 unspecified atom stereocenters. The van der Waals surface area contributed by atoms with Crippen molar-refractivity contribution in [2.75, 3.05) is 13.7 Å². The maximum absolute atomic E-state index is 12.1. The molecule has 1 atom stereocenters. The summed E-state index contributed by atoms with van der Waals surface area (Å²) in [6.45, 7) is 0.0252. The molecular formula is C11H13F3O8S. The summed E-state index contributed by atoms with van der Waals surface area (Å²) >= 11 is 0. The molecule has 0 fully saturated rings. The van der Waals surface area contributed by atoms with Gasteiger partial charge in [0.1, 0.15) is 0 Å². The zero-order chi connectivity index (χ0) is 17.7. The number of carbonyl (C=O) groups is 2. The van der Waals surface area contributed by atoms with Crippen LogP contribution < -0.4 is 0 Å². The molecule has 12 heteroatoms. The zero-order valence-electron chi connectivity index (χ0n) is 11.8. The molecule has 1 aliphatic rings. The quantitative estimate of drug-likeness (QED) is 0.291. The fourth-order valence-corrected chi connectivity index (χ4v) is 1.95. The highest BCUT2D eigenvalue weighted by atomic mass is 32.2. The number of alkyl halides is 3. The second-order valence-corrected chi connectivity index (χ2v) is 5.78. The van der Waals surface area contributed by atoms with Crippen LogP contribution in [0.4, 0.5) is 18.0 Å². The van der Waals surface area contributed by atoms with Gasteiger partial charge in [-0.25, -0.2) is 13.8 Å². The third kappa shape index (κ3) is 5.71. The highest BCUT2D eigenvalue weighted by Gasteiger charge is 2.49. The van der Waals surface area contributed by atoms with E-state index in [0.29, 0.717) is 12.8 Å². The van der Waals surface area contributed by atoms with E-state index < -0.39 is 34.0 Å². The summed E-state index contributed by atoms with van der Waals surface area (Å²) in [4.78, 5) is 22.0. The highest BCUT2D eigenvalue weighted by molar-refractivity contribution is 7.87. The lowest BCUT2D eigenvalue weighted by atomic mass is 10.1. The minimum Gasteiger partial charge on any atom is -0.438 e. The van der Waals surface area contributed by atoms with E-state index >= 15 is 0 Å². The van der Waals surface area contributed by atoms with Crippen molar-refractivity contribution in [1.29, 1.82) is 0 Å². The zero-order valence-corrected chi connectivity index (χ0v) is 12.6. The van der Waals surface area contributed by atoms with Gasteiger partial charge in [-0.05, 0) is 25.3 Å². The van der Waals surface area contributed by atoms with Crippen molar-refractivity contribution < 1.29 is 49.6 Å². The molecule has 0 spiro atoms. The monoisotopic (exact) mass is 362 g/mol. The van der Waals surface area contributed by atoms with Crippen molar-refractivity contribution in [2.24, 2.45) is 0 Å². The number of hydrogen-bond donors (Lipinski definition) is 0. The largest absolute Gasteiger partial charge is 0.523 e. The van der Waals surface area contributed by atoms with E-state index in [1.165, 1.54) is 0 Å². The van der Waals surface area contributed by atoms with E-state index in [1.54, 1.807) is 0 Å². The van der Waals surface area contributed by atoms with Gasteiger partial charge >= 0.3 is 27.8 Å². The summed E-state index contributed by atoms with van der Waals surface area (Å²) in [5, 5.41) is 0. The maximum atomic E-state index is 12.1. The number of ether oxygens (including phenoxy) is 3. The first-order chi connectivity index (χ1) is 10.6. The second kappa shape index (κ2) is 7.64. The van der Waals surface area contributed by atoms with Gasteiger partial charge in [-0.1, -0.05) is 0 Å². The fraction of sp³-hybridized carbons (Fsp3) is 0.636. The molecule has 0 saturated heterocycles. The predicted octanol–water partition coefficient (Wildman–Crippen LogP) is 1.62. The van der Waals surface area contributed by atoms with Crippen LogP contribution in [0.15, 0.2) is 11.6 Å². The molecule has 0 saturated carbocycles. The number of esters is 1. The summed E-state index contributed by atoms with van der Waals surface area (Å²) < 4.78 is 74.9. The van der Waals surface area contributed by atoms with E-state index in [4.69, 9.17) is 0 Å². The Labute approximate surface area is 129 Å².